The molecule has 2 nitrogen and oxygen atoms in total. The summed E-state index contributed by atoms with van der Waals surface area (Å²) in [5.74, 6) is 0.484. The van der Waals surface area contributed by atoms with Gasteiger partial charge in [-0.3, -0.25) is 0 Å². The van der Waals surface area contributed by atoms with Crippen LogP contribution in [0, 0.1) is 0 Å². The van der Waals surface area contributed by atoms with Gasteiger partial charge in [0.1, 0.15) is 0 Å². The highest BCUT2D eigenvalue weighted by Crippen LogP contribution is 2.28. The Morgan fingerprint density at radius 3 is 2.83 bits per heavy atom. The van der Waals surface area contributed by atoms with E-state index in [9.17, 15) is 0 Å². The molecule has 1 fully saturated rings. The lowest BCUT2D eigenvalue weighted by molar-refractivity contribution is -0.0110. The van der Waals surface area contributed by atoms with Crippen LogP contribution in [0.3, 0.4) is 0 Å². The average molecular weight is 247 g/mol. The minimum atomic E-state index is 0.357. The maximum atomic E-state index is 5.96. The van der Waals surface area contributed by atoms with E-state index in [0.29, 0.717) is 18.1 Å². The lowest BCUT2D eigenvalue weighted by Gasteiger charge is -2.34. The minimum Gasteiger partial charge on any atom is -0.377 e. The van der Waals surface area contributed by atoms with Gasteiger partial charge in [0.25, 0.3) is 0 Å². The van der Waals surface area contributed by atoms with Gasteiger partial charge in [-0.2, -0.15) is 0 Å². The normalized spacial score (nSPS) is 25.9. The van der Waals surface area contributed by atoms with Crippen LogP contribution in [-0.2, 0) is 4.74 Å². The van der Waals surface area contributed by atoms with Crippen molar-refractivity contribution in [3.63, 3.8) is 0 Å². The molecule has 0 amide bonds. The third kappa shape index (κ3) is 3.56. The van der Waals surface area contributed by atoms with Crippen molar-refractivity contribution in [3.05, 3.63) is 35.9 Å². The van der Waals surface area contributed by atoms with Crippen molar-refractivity contribution in [2.24, 2.45) is 0 Å². The topological polar surface area (TPSA) is 21.3 Å². The van der Waals surface area contributed by atoms with Gasteiger partial charge in [0.2, 0.25) is 0 Å². The van der Waals surface area contributed by atoms with Crippen LogP contribution in [0.25, 0.3) is 0 Å². The maximum absolute atomic E-state index is 5.96. The van der Waals surface area contributed by atoms with Crippen molar-refractivity contribution in [2.45, 2.75) is 51.2 Å². The molecule has 1 saturated heterocycles. The average Bonchev–Trinajstić information content (AvgIpc) is 2.45. The predicted octanol–water partition coefficient (Wildman–Crippen LogP) is 3.34. The summed E-state index contributed by atoms with van der Waals surface area (Å²) < 4.78 is 5.96. The molecule has 1 aromatic carbocycles. The first kappa shape index (κ1) is 13.6. The van der Waals surface area contributed by atoms with Gasteiger partial charge in [-0.05, 0) is 31.4 Å². The summed E-state index contributed by atoms with van der Waals surface area (Å²) in [6.45, 7) is 6.51. The van der Waals surface area contributed by atoms with Crippen molar-refractivity contribution >= 4 is 0 Å². The molecule has 0 bridgehead atoms. The van der Waals surface area contributed by atoms with E-state index in [4.69, 9.17) is 4.74 Å². The molecule has 1 heterocycles. The van der Waals surface area contributed by atoms with Crippen LogP contribution in [0.2, 0.25) is 0 Å². The van der Waals surface area contributed by atoms with Crippen LogP contribution in [-0.4, -0.2) is 25.3 Å². The van der Waals surface area contributed by atoms with Gasteiger partial charge in [0, 0.05) is 18.6 Å². The van der Waals surface area contributed by atoms with Crippen LogP contribution in [0.5, 0.6) is 0 Å². The van der Waals surface area contributed by atoms with Crippen molar-refractivity contribution in [2.75, 3.05) is 13.2 Å². The number of benzene rings is 1. The zero-order valence-electron chi connectivity index (χ0n) is 11.6. The highest BCUT2D eigenvalue weighted by Gasteiger charge is 2.27. The van der Waals surface area contributed by atoms with Crippen LogP contribution < -0.4 is 5.32 Å². The first-order chi connectivity index (χ1) is 8.81. The second-order valence-corrected chi connectivity index (χ2v) is 5.28. The Morgan fingerprint density at radius 2 is 2.11 bits per heavy atom. The number of nitrogens with one attached hydrogen (secondary N) is 1. The van der Waals surface area contributed by atoms with Gasteiger partial charge < -0.3 is 10.1 Å². The number of rotatable bonds is 5. The monoisotopic (exact) mass is 247 g/mol. The largest absolute Gasteiger partial charge is 0.377 e. The summed E-state index contributed by atoms with van der Waals surface area (Å²) >= 11 is 0. The Kier molecular flexibility index (Phi) is 5.21. The number of ether oxygens (including phenoxy) is 1. The van der Waals surface area contributed by atoms with E-state index in [1.54, 1.807) is 0 Å². The smallest absolute Gasteiger partial charge is 0.0655 e. The lowest BCUT2D eigenvalue weighted by Crippen LogP contribution is -2.41. The number of hydrogen-bond acceptors (Lipinski definition) is 2. The number of hydrogen-bond donors (Lipinski definition) is 1. The first-order valence-electron chi connectivity index (χ1n) is 7.21. The standard InChI is InChI=1S/C16H25NO/c1-3-10-17-15-9-11-18-16(12-15)13(2)14-7-5-4-6-8-14/h4-8,13,15-17H,3,9-12H2,1-2H3. The molecule has 0 aliphatic carbocycles. The molecule has 3 unspecified atom stereocenters. The van der Waals surface area contributed by atoms with Crippen LogP contribution in [0.4, 0.5) is 0 Å². The maximum Gasteiger partial charge on any atom is 0.0655 e. The summed E-state index contributed by atoms with van der Waals surface area (Å²) in [5.41, 5.74) is 1.39. The second-order valence-electron chi connectivity index (χ2n) is 5.28. The van der Waals surface area contributed by atoms with Gasteiger partial charge in [-0.25, -0.2) is 0 Å². The fraction of sp³-hybridized carbons (Fsp3) is 0.625. The van der Waals surface area contributed by atoms with E-state index in [0.717, 1.165) is 26.0 Å². The Labute approximate surface area is 111 Å². The third-order valence-electron chi connectivity index (χ3n) is 3.88. The molecule has 1 aromatic rings. The zero-order valence-corrected chi connectivity index (χ0v) is 11.6. The molecule has 3 atom stereocenters. The fourth-order valence-electron chi connectivity index (χ4n) is 2.68. The van der Waals surface area contributed by atoms with Gasteiger partial charge in [0.15, 0.2) is 0 Å². The van der Waals surface area contributed by atoms with E-state index in [-0.39, 0.29) is 0 Å². The Bertz CT molecular complexity index is 338. The molecule has 0 aromatic heterocycles. The van der Waals surface area contributed by atoms with E-state index in [1.165, 1.54) is 12.0 Å². The van der Waals surface area contributed by atoms with Crippen molar-refractivity contribution < 1.29 is 4.74 Å². The fourth-order valence-corrected chi connectivity index (χ4v) is 2.68. The zero-order chi connectivity index (χ0) is 12.8. The quantitative estimate of drug-likeness (QED) is 0.861. The lowest BCUT2D eigenvalue weighted by atomic mass is 9.89. The molecular weight excluding hydrogens is 222 g/mol. The molecule has 0 radical (unpaired) electrons. The second kappa shape index (κ2) is 6.91. The van der Waals surface area contributed by atoms with Gasteiger partial charge in [0.05, 0.1) is 6.10 Å². The predicted molar refractivity (Wildman–Crippen MR) is 75.9 cm³/mol. The van der Waals surface area contributed by atoms with Crippen LogP contribution in [0.15, 0.2) is 30.3 Å². The van der Waals surface area contributed by atoms with Crippen LogP contribution in [0.1, 0.15) is 44.6 Å². The van der Waals surface area contributed by atoms with Crippen molar-refractivity contribution in [1.82, 2.24) is 5.32 Å². The summed E-state index contributed by atoms with van der Waals surface area (Å²) in [4.78, 5) is 0. The van der Waals surface area contributed by atoms with Crippen molar-refractivity contribution in [3.8, 4) is 0 Å². The summed E-state index contributed by atoms with van der Waals surface area (Å²) in [7, 11) is 0. The molecule has 1 N–H and O–H groups in total. The van der Waals surface area contributed by atoms with E-state index >= 15 is 0 Å². The molecular formula is C16H25NO. The summed E-state index contributed by atoms with van der Waals surface area (Å²) in [6, 6.07) is 11.3. The Hall–Kier alpha value is -0.860. The molecule has 0 saturated carbocycles. The molecule has 1 aliphatic heterocycles. The molecule has 1 aliphatic rings. The van der Waals surface area contributed by atoms with E-state index < -0.39 is 0 Å². The molecule has 0 spiro atoms. The molecule has 2 rings (SSSR count). The van der Waals surface area contributed by atoms with Crippen molar-refractivity contribution in [1.29, 1.82) is 0 Å². The summed E-state index contributed by atoms with van der Waals surface area (Å²) in [6.07, 6.45) is 3.85. The van der Waals surface area contributed by atoms with Gasteiger partial charge in [-0.1, -0.05) is 44.2 Å². The first-order valence-corrected chi connectivity index (χ1v) is 7.21. The minimum absolute atomic E-state index is 0.357. The Morgan fingerprint density at radius 1 is 1.33 bits per heavy atom. The van der Waals surface area contributed by atoms with Gasteiger partial charge in [-0.15, -0.1) is 0 Å². The SMILES string of the molecule is CCCNC1CCOC(C(C)c2ccccc2)C1. The molecule has 18 heavy (non-hydrogen) atoms. The van der Waals surface area contributed by atoms with E-state index in [2.05, 4.69) is 49.5 Å². The summed E-state index contributed by atoms with van der Waals surface area (Å²) in [5, 5.41) is 3.63. The molecule has 100 valence electrons. The van der Waals surface area contributed by atoms with Gasteiger partial charge >= 0.3 is 0 Å². The highest BCUT2D eigenvalue weighted by molar-refractivity contribution is 5.20. The molecule has 2 heteroatoms. The van der Waals surface area contributed by atoms with Crippen LogP contribution >= 0.6 is 0 Å². The third-order valence-corrected chi connectivity index (χ3v) is 3.88. The highest BCUT2D eigenvalue weighted by atomic mass is 16.5. The Balaban J connectivity index is 1.92. The van der Waals surface area contributed by atoms with E-state index in [1.807, 2.05) is 0 Å².